The van der Waals surface area contributed by atoms with Crippen LogP contribution in [0.1, 0.15) is 24.0 Å². The summed E-state index contributed by atoms with van der Waals surface area (Å²) in [5, 5.41) is 2.75. The zero-order chi connectivity index (χ0) is 21.7. The van der Waals surface area contributed by atoms with Crippen LogP contribution >= 0.6 is 0 Å². The second-order valence-corrected chi connectivity index (χ2v) is 7.05. The fraction of sp³-hybridized carbons (Fsp3) is 0.333. The molecule has 1 saturated heterocycles. The highest BCUT2D eigenvalue weighted by Gasteiger charge is 2.30. The number of likely N-dealkylation sites (tertiary alicyclic amines) is 1. The number of carbonyl (C=O) groups excluding carboxylic acids is 2. The van der Waals surface area contributed by atoms with E-state index in [4.69, 9.17) is 10.5 Å². The van der Waals surface area contributed by atoms with Crippen molar-refractivity contribution in [1.29, 1.82) is 0 Å². The minimum absolute atomic E-state index is 0.160. The van der Waals surface area contributed by atoms with E-state index in [-0.39, 0.29) is 24.3 Å². The van der Waals surface area contributed by atoms with E-state index in [2.05, 4.69) is 5.32 Å². The smallest absolute Gasteiger partial charge is 0.416 e. The summed E-state index contributed by atoms with van der Waals surface area (Å²) in [5.41, 5.74) is 6.08. The number of ether oxygens (including phenoxy) is 1. The molecule has 0 spiro atoms. The SMILES string of the molecule is NC(=O)C1CCCN1Cc1ccccc1NC(=O)COc1ccc(C(F)(F)F)cc1. The molecule has 3 rings (SSSR count). The fourth-order valence-corrected chi connectivity index (χ4v) is 3.41. The van der Waals surface area contributed by atoms with Crippen LogP contribution in [0.3, 0.4) is 0 Å². The monoisotopic (exact) mass is 421 g/mol. The quantitative estimate of drug-likeness (QED) is 0.719. The molecule has 2 aromatic rings. The molecule has 1 fully saturated rings. The van der Waals surface area contributed by atoms with E-state index in [9.17, 15) is 22.8 Å². The maximum Gasteiger partial charge on any atom is 0.416 e. The van der Waals surface area contributed by atoms with Gasteiger partial charge in [0.15, 0.2) is 6.61 Å². The van der Waals surface area contributed by atoms with E-state index in [1.54, 1.807) is 12.1 Å². The Morgan fingerprint density at radius 1 is 1.13 bits per heavy atom. The Balaban J connectivity index is 1.58. The van der Waals surface area contributed by atoms with Crippen molar-refractivity contribution in [1.82, 2.24) is 4.90 Å². The number of amides is 2. The summed E-state index contributed by atoms with van der Waals surface area (Å²) in [6, 6.07) is 11.0. The van der Waals surface area contributed by atoms with Crippen LogP contribution in [-0.4, -0.2) is 35.9 Å². The Morgan fingerprint density at radius 2 is 1.83 bits per heavy atom. The highest BCUT2D eigenvalue weighted by Crippen LogP contribution is 2.30. The highest BCUT2D eigenvalue weighted by atomic mass is 19.4. The van der Waals surface area contributed by atoms with Crippen molar-refractivity contribution in [2.24, 2.45) is 5.73 Å². The zero-order valence-corrected chi connectivity index (χ0v) is 16.1. The minimum atomic E-state index is -4.43. The predicted octanol–water partition coefficient (Wildman–Crippen LogP) is 3.17. The lowest BCUT2D eigenvalue weighted by atomic mass is 10.1. The van der Waals surface area contributed by atoms with Gasteiger partial charge in [0.2, 0.25) is 5.91 Å². The molecule has 1 unspecified atom stereocenters. The number of hydrogen-bond donors (Lipinski definition) is 2. The van der Waals surface area contributed by atoms with Crippen LogP contribution in [0.25, 0.3) is 0 Å². The van der Waals surface area contributed by atoms with Gasteiger partial charge in [-0.15, -0.1) is 0 Å². The van der Waals surface area contributed by atoms with E-state index in [1.807, 2.05) is 17.0 Å². The summed E-state index contributed by atoms with van der Waals surface area (Å²) in [5.74, 6) is -0.651. The molecule has 3 N–H and O–H groups in total. The first-order valence-corrected chi connectivity index (χ1v) is 9.45. The van der Waals surface area contributed by atoms with Gasteiger partial charge in [0.05, 0.1) is 11.6 Å². The molecule has 9 heteroatoms. The van der Waals surface area contributed by atoms with Gasteiger partial charge < -0.3 is 15.8 Å². The maximum atomic E-state index is 12.6. The van der Waals surface area contributed by atoms with Gasteiger partial charge in [-0.2, -0.15) is 13.2 Å². The standard InChI is InChI=1S/C21H22F3N3O3/c22-21(23,24)15-7-9-16(10-8-15)30-13-19(28)26-17-5-2-1-4-14(17)12-27-11-3-6-18(27)20(25)29/h1-2,4-5,7-10,18H,3,6,11-13H2,(H2,25,29)(H,26,28). The van der Waals surface area contributed by atoms with Crippen LogP contribution in [0, 0.1) is 0 Å². The van der Waals surface area contributed by atoms with E-state index >= 15 is 0 Å². The van der Waals surface area contributed by atoms with E-state index < -0.39 is 17.6 Å². The fourth-order valence-electron chi connectivity index (χ4n) is 3.41. The van der Waals surface area contributed by atoms with Gasteiger partial charge in [-0.3, -0.25) is 14.5 Å². The van der Waals surface area contributed by atoms with Crippen LogP contribution in [-0.2, 0) is 22.3 Å². The number of benzene rings is 2. The molecule has 2 aromatic carbocycles. The van der Waals surface area contributed by atoms with Crippen LogP contribution in [0.2, 0.25) is 0 Å². The summed E-state index contributed by atoms with van der Waals surface area (Å²) in [6.07, 6.45) is -2.84. The average molecular weight is 421 g/mol. The third kappa shape index (κ3) is 5.50. The molecule has 0 aromatic heterocycles. The lowest BCUT2D eigenvalue weighted by Crippen LogP contribution is -2.39. The third-order valence-electron chi connectivity index (χ3n) is 4.91. The second kappa shape index (κ2) is 9.17. The van der Waals surface area contributed by atoms with Gasteiger partial charge in [0.25, 0.3) is 5.91 Å². The summed E-state index contributed by atoms with van der Waals surface area (Å²) in [6.45, 7) is 0.851. The molecule has 2 amide bonds. The van der Waals surface area contributed by atoms with Gasteiger partial charge in [-0.25, -0.2) is 0 Å². The number of halogens is 3. The van der Waals surface area contributed by atoms with Gasteiger partial charge in [0.1, 0.15) is 5.75 Å². The van der Waals surface area contributed by atoms with Crippen LogP contribution in [0.15, 0.2) is 48.5 Å². The zero-order valence-electron chi connectivity index (χ0n) is 16.1. The normalized spacial score (nSPS) is 17.0. The lowest BCUT2D eigenvalue weighted by molar-refractivity contribution is -0.137. The largest absolute Gasteiger partial charge is 0.484 e. The van der Waals surface area contributed by atoms with E-state index in [1.165, 1.54) is 12.1 Å². The number of carbonyl (C=O) groups is 2. The molecule has 0 saturated carbocycles. The van der Waals surface area contributed by atoms with Crippen molar-refractivity contribution in [2.75, 3.05) is 18.5 Å². The molecule has 1 heterocycles. The van der Waals surface area contributed by atoms with Crippen molar-refractivity contribution in [2.45, 2.75) is 31.6 Å². The number of nitrogens with zero attached hydrogens (tertiary/aromatic N) is 1. The van der Waals surface area contributed by atoms with E-state index in [0.29, 0.717) is 18.7 Å². The molecule has 1 atom stereocenters. The third-order valence-corrected chi connectivity index (χ3v) is 4.91. The predicted molar refractivity (Wildman–Crippen MR) is 105 cm³/mol. The number of nitrogens with two attached hydrogens (primary N) is 1. The Kier molecular flexibility index (Phi) is 6.61. The Bertz CT molecular complexity index is 900. The molecular weight excluding hydrogens is 399 g/mol. The van der Waals surface area contributed by atoms with Crippen LogP contribution in [0.5, 0.6) is 5.75 Å². The number of alkyl halides is 3. The Labute approximate surface area is 171 Å². The number of rotatable bonds is 7. The summed E-state index contributed by atoms with van der Waals surface area (Å²) >= 11 is 0. The van der Waals surface area contributed by atoms with Crippen molar-refractivity contribution in [3.05, 3.63) is 59.7 Å². The highest BCUT2D eigenvalue weighted by molar-refractivity contribution is 5.92. The molecule has 160 valence electrons. The number of primary amides is 1. The van der Waals surface area contributed by atoms with E-state index in [0.717, 1.165) is 30.7 Å². The number of para-hydroxylation sites is 1. The Hall–Kier alpha value is -3.07. The van der Waals surface area contributed by atoms with Crippen molar-refractivity contribution < 1.29 is 27.5 Å². The molecule has 0 bridgehead atoms. The summed E-state index contributed by atoms with van der Waals surface area (Å²) < 4.78 is 43.1. The summed E-state index contributed by atoms with van der Waals surface area (Å²) in [4.78, 5) is 25.8. The molecule has 1 aliphatic rings. The molecular formula is C21H22F3N3O3. The number of nitrogens with one attached hydrogen (secondary N) is 1. The van der Waals surface area contributed by atoms with Gasteiger partial charge in [0, 0.05) is 12.2 Å². The molecule has 0 radical (unpaired) electrons. The van der Waals surface area contributed by atoms with Crippen molar-refractivity contribution in [3.63, 3.8) is 0 Å². The van der Waals surface area contributed by atoms with Gasteiger partial charge in [-0.05, 0) is 55.3 Å². The summed E-state index contributed by atoms with van der Waals surface area (Å²) in [7, 11) is 0. The van der Waals surface area contributed by atoms with Crippen molar-refractivity contribution in [3.8, 4) is 5.75 Å². The molecule has 0 aliphatic carbocycles. The van der Waals surface area contributed by atoms with Gasteiger partial charge in [-0.1, -0.05) is 18.2 Å². The van der Waals surface area contributed by atoms with Crippen LogP contribution in [0.4, 0.5) is 18.9 Å². The topological polar surface area (TPSA) is 84.7 Å². The first-order chi connectivity index (χ1) is 14.2. The van der Waals surface area contributed by atoms with Crippen molar-refractivity contribution >= 4 is 17.5 Å². The second-order valence-electron chi connectivity index (χ2n) is 7.05. The maximum absolute atomic E-state index is 12.6. The lowest BCUT2D eigenvalue weighted by Gasteiger charge is -2.23. The minimum Gasteiger partial charge on any atom is -0.484 e. The average Bonchev–Trinajstić information content (AvgIpc) is 3.16. The Morgan fingerprint density at radius 3 is 2.50 bits per heavy atom. The molecule has 6 nitrogen and oxygen atoms in total. The molecule has 1 aliphatic heterocycles. The first kappa shape index (κ1) is 21.6. The van der Waals surface area contributed by atoms with Gasteiger partial charge >= 0.3 is 6.18 Å². The van der Waals surface area contributed by atoms with Crippen LogP contribution < -0.4 is 15.8 Å². The first-order valence-electron chi connectivity index (χ1n) is 9.45. The number of anilines is 1. The molecule has 30 heavy (non-hydrogen) atoms. The number of hydrogen-bond acceptors (Lipinski definition) is 4.